The SMILES string of the molecule is O=C(COc1cc(Cl)ccc1Cl)N[C@H]1CCC[C@H]1C(=O)O. The first-order chi connectivity index (χ1) is 9.97. The number of nitrogens with one attached hydrogen (secondary N) is 1. The van der Waals surface area contributed by atoms with Crippen molar-refractivity contribution in [1.29, 1.82) is 0 Å². The van der Waals surface area contributed by atoms with E-state index in [0.717, 1.165) is 6.42 Å². The third-order valence-electron chi connectivity index (χ3n) is 3.43. The monoisotopic (exact) mass is 331 g/mol. The maximum atomic E-state index is 11.8. The molecule has 21 heavy (non-hydrogen) atoms. The highest BCUT2D eigenvalue weighted by Gasteiger charge is 2.33. The lowest BCUT2D eigenvalue weighted by molar-refractivity contribution is -0.142. The molecule has 1 aromatic carbocycles. The van der Waals surface area contributed by atoms with Gasteiger partial charge in [0.2, 0.25) is 0 Å². The maximum Gasteiger partial charge on any atom is 0.308 e. The van der Waals surface area contributed by atoms with Gasteiger partial charge in [-0.25, -0.2) is 0 Å². The molecule has 0 heterocycles. The molecule has 114 valence electrons. The fraction of sp³-hybridized carbons (Fsp3) is 0.429. The lowest BCUT2D eigenvalue weighted by Crippen LogP contribution is -2.42. The third kappa shape index (κ3) is 4.25. The Morgan fingerprint density at radius 1 is 1.33 bits per heavy atom. The van der Waals surface area contributed by atoms with Crippen LogP contribution in [0.15, 0.2) is 18.2 Å². The molecule has 2 N–H and O–H groups in total. The standard InChI is InChI=1S/C14H15Cl2NO4/c15-8-4-5-10(16)12(6-8)21-7-13(18)17-11-3-1-2-9(11)14(19)20/h4-6,9,11H,1-3,7H2,(H,17,18)(H,19,20)/t9-,11+/m1/s1. The smallest absolute Gasteiger partial charge is 0.308 e. The van der Waals surface area contributed by atoms with Crippen molar-refractivity contribution < 1.29 is 19.4 Å². The second kappa shape index (κ2) is 7.00. The Kier molecular flexibility index (Phi) is 5.31. The van der Waals surface area contributed by atoms with Crippen LogP contribution in [0.3, 0.4) is 0 Å². The fourth-order valence-corrected chi connectivity index (χ4v) is 2.74. The lowest BCUT2D eigenvalue weighted by atomic mass is 10.0. The molecule has 0 aliphatic heterocycles. The number of hydrogen-bond donors (Lipinski definition) is 2. The van der Waals surface area contributed by atoms with Crippen LogP contribution in [0, 0.1) is 5.92 Å². The number of carbonyl (C=O) groups is 2. The lowest BCUT2D eigenvalue weighted by Gasteiger charge is -2.17. The summed E-state index contributed by atoms with van der Waals surface area (Å²) >= 11 is 11.7. The molecule has 0 unspecified atom stereocenters. The average Bonchev–Trinajstić information content (AvgIpc) is 2.88. The summed E-state index contributed by atoms with van der Waals surface area (Å²) < 4.78 is 5.31. The summed E-state index contributed by atoms with van der Waals surface area (Å²) in [7, 11) is 0. The number of rotatable bonds is 5. The first-order valence-electron chi connectivity index (χ1n) is 6.57. The van der Waals surface area contributed by atoms with Gasteiger partial charge in [0.25, 0.3) is 5.91 Å². The van der Waals surface area contributed by atoms with Crippen molar-refractivity contribution >= 4 is 35.1 Å². The number of carboxylic acid groups (broad SMARTS) is 1. The maximum absolute atomic E-state index is 11.8. The van der Waals surface area contributed by atoms with Gasteiger partial charge in [-0.3, -0.25) is 9.59 Å². The number of carboxylic acids is 1. The van der Waals surface area contributed by atoms with E-state index >= 15 is 0 Å². The van der Waals surface area contributed by atoms with E-state index in [1.165, 1.54) is 6.07 Å². The van der Waals surface area contributed by atoms with Crippen molar-refractivity contribution in [2.45, 2.75) is 25.3 Å². The molecule has 0 saturated heterocycles. The highest BCUT2D eigenvalue weighted by Crippen LogP contribution is 2.28. The number of ether oxygens (including phenoxy) is 1. The van der Waals surface area contributed by atoms with Crippen LogP contribution in [-0.4, -0.2) is 29.6 Å². The predicted octanol–water partition coefficient (Wildman–Crippen LogP) is 2.74. The zero-order valence-electron chi connectivity index (χ0n) is 11.1. The van der Waals surface area contributed by atoms with E-state index in [4.69, 9.17) is 33.0 Å². The number of benzene rings is 1. The summed E-state index contributed by atoms with van der Waals surface area (Å²) in [4.78, 5) is 22.9. The van der Waals surface area contributed by atoms with E-state index in [1.807, 2.05) is 0 Å². The molecule has 5 nitrogen and oxygen atoms in total. The predicted molar refractivity (Wildman–Crippen MR) is 78.9 cm³/mol. The Labute approximate surface area is 132 Å². The Hall–Kier alpha value is -1.46. The molecule has 1 aliphatic carbocycles. The van der Waals surface area contributed by atoms with Crippen LogP contribution in [0.4, 0.5) is 0 Å². The number of amides is 1. The second-order valence-electron chi connectivity index (χ2n) is 4.91. The molecule has 1 aliphatic rings. The zero-order chi connectivity index (χ0) is 15.4. The van der Waals surface area contributed by atoms with Crippen molar-refractivity contribution in [3.63, 3.8) is 0 Å². The Morgan fingerprint density at radius 3 is 2.81 bits per heavy atom. The number of hydrogen-bond acceptors (Lipinski definition) is 3. The molecule has 0 bridgehead atoms. The Morgan fingerprint density at radius 2 is 2.10 bits per heavy atom. The summed E-state index contributed by atoms with van der Waals surface area (Å²) in [6.07, 6.45) is 2.05. The van der Waals surface area contributed by atoms with Crippen molar-refractivity contribution in [2.24, 2.45) is 5.92 Å². The van der Waals surface area contributed by atoms with E-state index < -0.39 is 11.9 Å². The summed E-state index contributed by atoms with van der Waals surface area (Å²) in [5.74, 6) is -1.45. The Balaban J connectivity index is 1.87. The van der Waals surface area contributed by atoms with Crippen molar-refractivity contribution in [2.75, 3.05) is 6.61 Å². The molecule has 1 amide bonds. The molecule has 7 heteroatoms. The van der Waals surface area contributed by atoms with Gasteiger partial charge in [0, 0.05) is 17.1 Å². The molecule has 0 radical (unpaired) electrons. The van der Waals surface area contributed by atoms with Gasteiger partial charge in [0.05, 0.1) is 10.9 Å². The fourth-order valence-electron chi connectivity index (χ4n) is 2.41. The van der Waals surface area contributed by atoms with Gasteiger partial charge in [-0.1, -0.05) is 29.6 Å². The molecular weight excluding hydrogens is 317 g/mol. The number of aliphatic carboxylic acids is 1. The van der Waals surface area contributed by atoms with E-state index in [-0.39, 0.29) is 18.6 Å². The zero-order valence-corrected chi connectivity index (χ0v) is 12.7. The van der Waals surface area contributed by atoms with Gasteiger partial charge >= 0.3 is 5.97 Å². The molecular formula is C14H15Cl2NO4. The van der Waals surface area contributed by atoms with Crippen molar-refractivity contribution in [1.82, 2.24) is 5.32 Å². The van der Waals surface area contributed by atoms with Crippen LogP contribution in [-0.2, 0) is 9.59 Å². The highest BCUT2D eigenvalue weighted by atomic mass is 35.5. The first kappa shape index (κ1) is 15.9. The molecule has 0 spiro atoms. The summed E-state index contributed by atoms with van der Waals surface area (Å²) in [5.41, 5.74) is 0. The van der Waals surface area contributed by atoms with Crippen LogP contribution >= 0.6 is 23.2 Å². The van der Waals surface area contributed by atoms with Crippen molar-refractivity contribution in [3.8, 4) is 5.75 Å². The van der Waals surface area contributed by atoms with E-state index in [0.29, 0.717) is 28.6 Å². The minimum Gasteiger partial charge on any atom is -0.482 e. The van der Waals surface area contributed by atoms with E-state index in [1.54, 1.807) is 12.1 Å². The normalized spacial score (nSPS) is 21.0. The average molecular weight is 332 g/mol. The second-order valence-corrected chi connectivity index (χ2v) is 5.76. The largest absolute Gasteiger partial charge is 0.482 e. The first-order valence-corrected chi connectivity index (χ1v) is 7.33. The number of carbonyl (C=O) groups excluding carboxylic acids is 1. The van der Waals surface area contributed by atoms with E-state index in [9.17, 15) is 9.59 Å². The molecule has 1 fully saturated rings. The summed E-state index contributed by atoms with van der Waals surface area (Å²) in [6.45, 7) is -0.233. The van der Waals surface area contributed by atoms with Gasteiger partial charge < -0.3 is 15.2 Å². The topological polar surface area (TPSA) is 75.6 Å². The van der Waals surface area contributed by atoms with Crippen LogP contribution in [0.25, 0.3) is 0 Å². The molecule has 0 aromatic heterocycles. The van der Waals surface area contributed by atoms with Crippen LogP contribution in [0.2, 0.25) is 10.0 Å². The van der Waals surface area contributed by atoms with Gasteiger partial charge in [-0.05, 0) is 25.0 Å². The summed E-state index contributed by atoms with van der Waals surface area (Å²) in [5, 5.41) is 12.6. The minimum atomic E-state index is -0.878. The number of halogens is 2. The summed E-state index contributed by atoms with van der Waals surface area (Å²) in [6, 6.07) is 4.38. The van der Waals surface area contributed by atoms with Gasteiger partial charge in [0.15, 0.2) is 6.61 Å². The molecule has 2 atom stereocenters. The van der Waals surface area contributed by atoms with E-state index in [2.05, 4.69) is 5.32 Å². The molecule has 1 aromatic rings. The Bertz CT molecular complexity index is 550. The van der Waals surface area contributed by atoms with Gasteiger partial charge in [-0.2, -0.15) is 0 Å². The quantitative estimate of drug-likeness (QED) is 0.869. The van der Waals surface area contributed by atoms with Gasteiger partial charge in [0.1, 0.15) is 5.75 Å². The molecule has 1 saturated carbocycles. The highest BCUT2D eigenvalue weighted by molar-refractivity contribution is 6.34. The van der Waals surface area contributed by atoms with Gasteiger partial charge in [-0.15, -0.1) is 0 Å². The van der Waals surface area contributed by atoms with Crippen LogP contribution < -0.4 is 10.1 Å². The third-order valence-corrected chi connectivity index (χ3v) is 3.98. The van der Waals surface area contributed by atoms with Crippen LogP contribution in [0.5, 0.6) is 5.75 Å². The van der Waals surface area contributed by atoms with Crippen molar-refractivity contribution in [3.05, 3.63) is 28.2 Å². The van der Waals surface area contributed by atoms with Crippen LogP contribution in [0.1, 0.15) is 19.3 Å². The minimum absolute atomic E-state index is 0.233. The molecule has 2 rings (SSSR count).